The van der Waals surface area contributed by atoms with Crippen molar-refractivity contribution < 1.29 is 4.79 Å². The summed E-state index contributed by atoms with van der Waals surface area (Å²) in [5.74, 6) is 0.815. The molecule has 0 aliphatic carbocycles. The van der Waals surface area contributed by atoms with Crippen LogP contribution in [0.2, 0.25) is 10.0 Å². The molecule has 5 heteroatoms. The van der Waals surface area contributed by atoms with Crippen LogP contribution in [-0.2, 0) is 4.79 Å². The molecule has 3 nitrogen and oxygen atoms in total. The number of piperidine rings is 1. The first kappa shape index (κ1) is 15.6. The third-order valence-corrected chi connectivity index (χ3v) is 4.11. The Morgan fingerprint density at radius 1 is 1.25 bits per heavy atom. The number of benzene rings is 1. The maximum absolute atomic E-state index is 11.9. The Morgan fingerprint density at radius 2 is 1.85 bits per heavy atom. The fraction of sp³-hybridized carbons (Fsp3) is 0.533. The second kappa shape index (κ2) is 7.30. The highest BCUT2D eigenvalue weighted by Gasteiger charge is 2.16. The number of likely N-dealkylation sites (tertiary alicyclic amines) is 1. The topological polar surface area (TPSA) is 32.3 Å². The van der Waals surface area contributed by atoms with E-state index in [1.807, 2.05) is 0 Å². The Hall–Kier alpha value is -0.770. The van der Waals surface area contributed by atoms with Crippen molar-refractivity contribution in [3.8, 4) is 0 Å². The van der Waals surface area contributed by atoms with E-state index < -0.39 is 0 Å². The van der Waals surface area contributed by atoms with Gasteiger partial charge >= 0.3 is 0 Å². The third-order valence-electron chi connectivity index (χ3n) is 3.68. The molecule has 1 aromatic carbocycles. The van der Waals surface area contributed by atoms with Crippen LogP contribution in [0, 0.1) is 5.92 Å². The summed E-state index contributed by atoms with van der Waals surface area (Å²) >= 11 is 11.8. The molecule has 1 aliphatic heterocycles. The molecular weight excluding hydrogens is 295 g/mol. The average molecular weight is 315 g/mol. The van der Waals surface area contributed by atoms with E-state index in [9.17, 15) is 4.79 Å². The van der Waals surface area contributed by atoms with Gasteiger partial charge in [0.05, 0.1) is 0 Å². The smallest absolute Gasteiger partial charge is 0.225 e. The highest BCUT2D eigenvalue weighted by atomic mass is 35.5. The van der Waals surface area contributed by atoms with Crippen molar-refractivity contribution in [3.63, 3.8) is 0 Å². The van der Waals surface area contributed by atoms with Crippen molar-refractivity contribution in [3.05, 3.63) is 28.2 Å². The monoisotopic (exact) mass is 314 g/mol. The van der Waals surface area contributed by atoms with E-state index in [1.54, 1.807) is 18.2 Å². The molecule has 1 aliphatic rings. The van der Waals surface area contributed by atoms with Crippen molar-refractivity contribution in [1.82, 2.24) is 4.90 Å². The van der Waals surface area contributed by atoms with Crippen molar-refractivity contribution in [2.24, 2.45) is 5.92 Å². The van der Waals surface area contributed by atoms with Crippen LogP contribution in [0.1, 0.15) is 26.2 Å². The van der Waals surface area contributed by atoms with Gasteiger partial charge in [0, 0.05) is 28.7 Å². The highest BCUT2D eigenvalue weighted by Crippen LogP contribution is 2.22. The molecule has 110 valence electrons. The van der Waals surface area contributed by atoms with Crippen LogP contribution in [0.4, 0.5) is 5.69 Å². The van der Waals surface area contributed by atoms with Gasteiger partial charge in [0.1, 0.15) is 0 Å². The second-order valence-corrected chi connectivity index (χ2v) is 6.35. The summed E-state index contributed by atoms with van der Waals surface area (Å²) in [6.45, 7) is 5.29. The van der Waals surface area contributed by atoms with E-state index in [2.05, 4.69) is 17.1 Å². The zero-order valence-electron chi connectivity index (χ0n) is 11.7. The predicted molar refractivity (Wildman–Crippen MR) is 84.5 cm³/mol. The summed E-state index contributed by atoms with van der Waals surface area (Å²) in [6, 6.07) is 5.05. The lowest BCUT2D eigenvalue weighted by molar-refractivity contribution is -0.116. The van der Waals surface area contributed by atoms with Gasteiger partial charge in [-0.15, -0.1) is 0 Å². The Kier molecular flexibility index (Phi) is 5.70. The van der Waals surface area contributed by atoms with Crippen LogP contribution in [0.3, 0.4) is 0 Å². The maximum Gasteiger partial charge on any atom is 0.225 e. The van der Waals surface area contributed by atoms with E-state index in [0.29, 0.717) is 22.2 Å². The SMILES string of the molecule is CC1CCN(CCC(=O)Nc2cc(Cl)cc(Cl)c2)CC1. The van der Waals surface area contributed by atoms with Gasteiger partial charge in [-0.3, -0.25) is 4.79 Å². The zero-order valence-corrected chi connectivity index (χ0v) is 13.2. The number of halogens is 2. The van der Waals surface area contributed by atoms with Crippen molar-refractivity contribution in [1.29, 1.82) is 0 Å². The molecule has 0 bridgehead atoms. The minimum Gasteiger partial charge on any atom is -0.326 e. The van der Waals surface area contributed by atoms with Crippen LogP contribution < -0.4 is 5.32 Å². The number of nitrogens with zero attached hydrogens (tertiary/aromatic N) is 1. The third kappa shape index (κ3) is 4.97. The minimum atomic E-state index is 0.00181. The number of amides is 1. The predicted octanol–water partition coefficient (Wildman–Crippen LogP) is 4.05. The number of rotatable bonds is 4. The standard InChI is InChI=1S/C15H20Cl2N2O/c1-11-2-5-19(6-3-11)7-4-15(20)18-14-9-12(16)8-13(17)10-14/h8-11H,2-7H2,1H3,(H,18,20). The fourth-order valence-electron chi connectivity index (χ4n) is 2.39. The van der Waals surface area contributed by atoms with Gasteiger partial charge in [-0.05, 0) is 50.0 Å². The molecule has 1 aromatic rings. The van der Waals surface area contributed by atoms with E-state index in [4.69, 9.17) is 23.2 Å². The van der Waals surface area contributed by atoms with Gasteiger partial charge in [0.15, 0.2) is 0 Å². The number of hydrogen-bond donors (Lipinski definition) is 1. The molecule has 1 saturated heterocycles. The molecule has 1 amide bonds. The van der Waals surface area contributed by atoms with E-state index in [1.165, 1.54) is 12.8 Å². The Labute approximate surface area is 130 Å². The normalized spacial score (nSPS) is 17.1. The molecule has 0 saturated carbocycles. The number of hydrogen-bond acceptors (Lipinski definition) is 2. The molecule has 0 atom stereocenters. The van der Waals surface area contributed by atoms with E-state index in [0.717, 1.165) is 25.6 Å². The molecule has 1 N–H and O–H groups in total. The lowest BCUT2D eigenvalue weighted by Crippen LogP contribution is -2.35. The lowest BCUT2D eigenvalue weighted by Gasteiger charge is -2.29. The summed E-state index contributed by atoms with van der Waals surface area (Å²) in [7, 11) is 0. The summed E-state index contributed by atoms with van der Waals surface area (Å²) < 4.78 is 0. The number of anilines is 1. The molecule has 0 unspecified atom stereocenters. The molecular formula is C15H20Cl2N2O. The Bertz CT molecular complexity index is 451. The van der Waals surface area contributed by atoms with Crippen molar-refractivity contribution >= 4 is 34.8 Å². The van der Waals surface area contributed by atoms with Crippen LogP contribution >= 0.6 is 23.2 Å². The van der Waals surface area contributed by atoms with Gasteiger partial charge in [-0.1, -0.05) is 30.1 Å². The molecule has 0 radical (unpaired) electrons. The largest absolute Gasteiger partial charge is 0.326 e. The van der Waals surface area contributed by atoms with Crippen LogP contribution in [-0.4, -0.2) is 30.4 Å². The summed E-state index contributed by atoms with van der Waals surface area (Å²) in [5.41, 5.74) is 0.653. The summed E-state index contributed by atoms with van der Waals surface area (Å²) in [4.78, 5) is 14.3. The molecule has 1 heterocycles. The highest BCUT2D eigenvalue weighted by molar-refractivity contribution is 6.35. The Balaban J connectivity index is 1.77. The molecule has 2 rings (SSSR count). The molecule has 0 aromatic heterocycles. The van der Waals surface area contributed by atoms with Crippen molar-refractivity contribution in [2.45, 2.75) is 26.2 Å². The van der Waals surface area contributed by atoms with Crippen LogP contribution in [0.25, 0.3) is 0 Å². The van der Waals surface area contributed by atoms with E-state index in [-0.39, 0.29) is 5.91 Å². The fourth-order valence-corrected chi connectivity index (χ4v) is 2.92. The zero-order chi connectivity index (χ0) is 14.5. The van der Waals surface area contributed by atoms with Crippen LogP contribution in [0.5, 0.6) is 0 Å². The molecule has 1 fully saturated rings. The van der Waals surface area contributed by atoms with Gasteiger partial charge < -0.3 is 10.2 Å². The van der Waals surface area contributed by atoms with Gasteiger partial charge in [-0.25, -0.2) is 0 Å². The number of carbonyl (C=O) groups excluding carboxylic acids is 1. The quantitative estimate of drug-likeness (QED) is 0.909. The summed E-state index contributed by atoms with van der Waals surface area (Å²) in [6.07, 6.45) is 2.95. The maximum atomic E-state index is 11.9. The lowest BCUT2D eigenvalue weighted by atomic mass is 9.99. The Morgan fingerprint density at radius 3 is 2.45 bits per heavy atom. The molecule has 0 spiro atoms. The van der Waals surface area contributed by atoms with Gasteiger partial charge in [-0.2, -0.15) is 0 Å². The van der Waals surface area contributed by atoms with E-state index >= 15 is 0 Å². The first-order valence-corrected chi connectivity index (χ1v) is 7.77. The van der Waals surface area contributed by atoms with Gasteiger partial charge in [0.2, 0.25) is 5.91 Å². The summed E-state index contributed by atoms with van der Waals surface area (Å²) in [5, 5.41) is 3.89. The number of nitrogens with one attached hydrogen (secondary N) is 1. The number of carbonyl (C=O) groups is 1. The van der Waals surface area contributed by atoms with Crippen LogP contribution in [0.15, 0.2) is 18.2 Å². The average Bonchev–Trinajstić information content (AvgIpc) is 2.37. The first-order chi connectivity index (χ1) is 9.52. The minimum absolute atomic E-state index is 0.00181. The second-order valence-electron chi connectivity index (χ2n) is 5.48. The first-order valence-electron chi connectivity index (χ1n) is 7.01. The molecule has 20 heavy (non-hydrogen) atoms. The van der Waals surface area contributed by atoms with Crippen molar-refractivity contribution in [2.75, 3.05) is 25.0 Å². The van der Waals surface area contributed by atoms with Gasteiger partial charge in [0.25, 0.3) is 0 Å².